The molecule has 1 aromatic carbocycles. The van der Waals surface area contributed by atoms with E-state index in [4.69, 9.17) is 5.84 Å². The second kappa shape index (κ2) is 7.05. The van der Waals surface area contributed by atoms with E-state index in [2.05, 4.69) is 44.5 Å². The highest BCUT2D eigenvalue weighted by Crippen LogP contribution is 2.25. The van der Waals surface area contributed by atoms with Gasteiger partial charge in [-0.1, -0.05) is 22.0 Å². The molecule has 0 spiro atoms. The number of halogens is 1. The van der Waals surface area contributed by atoms with Crippen LogP contribution in [0.5, 0.6) is 0 Å². The molecule has 0 radical (unpaired) electrons. The molecule has 0 saturated heterocycles. The summed E-state index contributed by atoms with van der Waals surface area (Å²) in [4.78, 5) is 5.43. The molecular weight excluding hydrogens is 322 g/mol. The minimum absolute atomic E-state index is 0.0982. The van der Waals surface area contributed by atoms with Crippen LogP contribution in [0, 0.1) is 6.92 Å². The first-order valence-electron chi connectivity index (χ1n) is 5.95. The van der Waals surface area contributed by atoms with Crippen LogP contribution in [0.1, 0.15) is 17.2 Å². The maximum Gasteiger partial charge on any atom is 0.0569 e. The van der Waals surface area contributed by atoms with E-state index in [1.165, 1.54) is 4.90 Å². The topological polar surface area (TPSA) is 50.9 Å². The first kappa shape index (κ1) is 14.5. The molecule has 0 bridgehead atoms. The van der Waals surface area contributed by atoms with E-state index in [9.17, 15) is 0 Å². The molecule has 1 heterocycles. The van der Waals surface area contributed by atoms with Crippen LogP contribution < -0.4 is 11.3 Å². The molecule has 3 N–H and O–H groups in total. The van der Waals surface area contributed by atoms with Crippen molar-refractivity contribution in [2.45, 2.75) is 17.9 Å². The summed E-state index contributed by atoms with van der Waals surface area (Å²) in [6.07, 6.45) is 3.71. The number of hydrogen-bond acceptors (Lipinski definition) is 4. The van der Waals surface area contributed by atoms with Gasteiger partial charge in [-0.05, 0) is 42.3 Å². The maximum atomic E-state index is 5.64. The van der Waals surface area contributed by atoms with Crippen molar-refractivity contribution in [2.24, 2.45) is 5.84 Å². The van der Waals surface area contributed by atoms with E-state index in [0.717, 1.165) is 21.4 Å². The van der Waals surface area contributed by atoms with Crippen LogP contribution in [-0.4, -0.2) is 10.7 Å². The van der Waals surface area contributed by atoms with Gasteiger partial charge >= 0.3 is 0 Å². The minimum atomic E-state index is 0.0982. The van der Waals surface area contributed by atoms with Crippen molar-refractivity contribution in [1.29, 1.82) is 0 Å². The maximum absolute atomic E-state index is 5.64. The van der Waals surface area contributed by atoms with Gasteiger partial charge in [0.25, 0.3) is 0 Å². The predicted octanol–water partition coefficient (Wildman–Crippen LogP) is 3.45. The fraction of sp³-hybridized carbons (Fsp3) is 0.214. The second-order valence-electron chi connectivity index (χ2n) is 4.28. The highest BCUT2D eigenvalue weighted by Gasteiger charge is 2.10. The van der Waals surface area contributed by atoms with Crippen molar-refractivity contribution in [3.63, 3.8) is 0 Å². The quantitative estimate of drug-likeness (QED) is 0.498. The molecule has 0 amide bonds. The first-order valence-corrected chi connectivity index (χ1v) is 7.73. The number of aryl methyl sites for hydroxylation is 1. The van der Waals surface area contributed by atoms with Crippen LogP contribution in [-0.2, 0) is 0 Å². The SMILES string of the molecule is Cc1cncc(C(CSc2ccc(Br)cc2)NN)c1. The van der Waals surface area contributed by atoms with E-state index in [0.29, 0.717) is 0 Å². The molecule has 1 aromatic heterocycles. The van der Waals surface area contributed by atoms with Crippen LogP contribution in [0.2, 0.25) is 0 Å². The molecule has 0 saturated carbocycles. The van der Waals surface area contributed by atoms with Gasteiger partial charge in [-0.3, -0.25) is 16.3 Å². The second-order valence-corrected chi connectivity index (χ2v) is 6.29. The lowest BCUT2D eigenvalue weighted by Gasteiger charge is -2.16. The monoisotopic (exact) mass is 337 g/mol. The number of nitrogens with one attached hydrogen (secondary N) is 1. The lowest BCUT2D eigenvalue weighted by molar-refractivity contribution is 0.608. The first-order chi connectivity index (χ1) is 9.19. The lowest BCUT2D eigenvalue weighted by atomic mass is 10.1. The number of hydrazine groups is 1. The summed E-state index contributed by atoms with van der Waals surface area (Å²) in [5.74, 6) is 6.51. The van der Waals surface area contributed by atoms with Gasteiger partial charge in [0, 0.05) is 27.5 Å². The lowest BCUT2D eigenvalue weighted by Crippen LogP contribution is -2.29. The van der Waals surface area contributed by atoms with Crippen LogP contribution in [0.4, 0.5) is 0 Å². The summed E-state index contributed by atoms with van der Waals surface area (Å²) in [6.45, 7) is 2.03. The fourth-order valence-corrected chi connectivity index (χ4v) is 2.96. The van der Waals surface area contributed by atoms with Crippen molar-refractivity contribution in [2.75, 3.05) is 5.75 Å². The number of nitrogens with two attached hydrogens (primary N) is 1. The Labute approximate surface area is 126 Å². The zero-order chi connectivity index (χ0) is 13.7. The third-order valence-electron chi connectivity index (χ3n) is 2.73. The molecule has 100 valence electrons. The van der Waals surface area contributed by atoms with Gasteiger partial charge in [0.15, 0.2) is 0 Å². The zero-order valence-corrected chi connectivity index (χ0v) is 13.0. The summed E-state index contributed by atoms with van der Waals surface area (Å²) < 4.78 is 1.09. The Hall–Kier alpha value is -0.880. The van der Waals surface area contributed by atoms with Gasteiger partial charge in [-0.2, -0.15) is 0 Å². The molecule has 2 rings (SSSR count). The molecule has 1 atom stereocenters. The van der Waals surface area contributed by atoms with Crippen molar-refractivity contribution in [3.05, 3.63) is 58.3 Å². The Kier molecular flexibility index (Phi) is 5.39. The Bertz CT molecular complexity index is 530. The molecule has 0 aliphatic rings. The van der Waals surface area contributed by atoms with E-state index >= 15 is 0 Å². The van der Waals surface area contributed by atoms with Gasteiger partial charge in [0.05, 0.1) is 6.04 Å². The number of aromatic nitrogens is 1. The minimum Gasteiger partial charge on any atom is -0.271 e. The van der Waals surface area contributed by atoms with E-state index in [-0.39, 0.29) is 6.04 Å². The van der Waals surface area contributed by atoms with Gasteiger partial charge in [0.1, 0.15) is 0 Å². The molecule has 3 nitrogen and oxygen atoms in total. The largest absolute Gasteiger partial charge is 0.271 e. The molecule has 0 aliphatic carbocycles. The predicted molar refractivity (Wildman–Crippen MR) is 83.9 cm³/mol. The summed E-state index contributed by atoms with van der Waals surface area (Å²) in [5, 5.41) is 0. The van der Waals surface area contributed by atoms with Crippen molar-refractivity contribution >= 4 is 27.7 Å². The van der Waals surface area contributed by atoms with Gasteiger partial charge in [-0.15, -0.1) is 11.8 Å². The molecule has 2 aromatic rings. The average Bonchev–Trinajstić information content (AvgIpc) is 2.42. The standard InChI is InChI=1S/C14H16BrN3S/c1-10-6-11(8-17-7-10)14(18-16)9-19-13-4-2-12(15)3-5-13/h2-8,14,18H,9,16H2,1H3. The molecular formula is C14H16BrN3S. The van der Waals surface area contributed by atoms with Crippen LogP contribution in [0.3, 0.4) is 0 Å². The van der Waals surface area contributed by atoms with Gasteiger partial charge < -0.3 is 0 Å². The van der Waals surface area contributed by atoms with Crippen LogP contribution in [0.15, 0.2) is 52.1 Å². The van der Waals surface area contributed by atoms with Crippen molar-refractivity contribution in [1.82, 2.24) is 10.4 Å². The number of benzene rings is 1. The Morgan fingerprint density at radius 2 is 2.05 bits per heavy atom. The highest BCUT2D eigenvalue weighted by molar-refractivity contribution is 9.10. The van der Waals surface area contributed by atoms with Crippen LogP contribution in [0.25, 0.3) is 0 Å². The van der Waals surface area contributed by atoms with Gasteiger partial charge in [-0.25, -0.2) is 0 Å². The number of hydrogen-bond donors (Lipinski definition) is 2. The zero-order valence-electron chi connectivity index (χ0n) is 10.6. The number of rotatable bonds is 5. The number of thioether (sulfide) groups is 1. The van der Waals surface area contributed by atoms with Gasteiger partial charge in [0.2, 0.25) is 0 Å². The van der Waals surface area contributed by atoms with Crippen LogP contribution >= 0.6 is 27.7 Å². The van der Waals surface area contributed by atoms with E-state index in [1.54, 1.807) is 11.8 Å². The van der Waals surface area contributed by atoms with E-state index < -0.39 is 0 Å². The average molecular weight is 338 g/mol. The number of nitrogens with zero attached hydrogens (tertiary/aromatic N) is 1. The fourth-order valence-electron chi connectivity index (χ4n) is 1.72. The summed E-state index contributed by atoms with van der Waals surface area (Å²) >= 11 is 5.21. The molecule has 5 heteroatoms. The third kappa shape index (κ3) is 4.31. The summed E-state index contributed by atoms with van der Waals surface area (Å²) in [7, 11) is 0. The molecule has 1 unspecified atom stereocenters. The Balaban J connectivity index is 2.01. The molecule has 0 fully saturated rings. The normalized spacial score (nSPS) is 12.4. The Morgan fingerprint density at radius 3 is 2.68 bits per heavy atom. The smallest absolute Gasteiger partial charge is 0.0569 e. The molecule has 19 heavy (non-hydrogen) atoms. The van der Waals surface area contributed by atoms with E-state index in [1.807, 2.05) is 31.5 Å². The number of pyridine rings is 1. The third-order valence-corrected chi connectivity index (χ3v) is 4.36. The molecule has 0 aliphatic heterocycles. The Morgan fingerprint density at radius 1 is 1.32 bits per heavy atom. The van der Waals surface area contributed by atoms with Crippen molar-refractivity contribution < 1.29 is 0 Å². The van der Waals surface area contributed by atoms with Crippen molar-refractivity contribution in [3.8, 4) is 0 Å². The highest BCUT2D eigenvalue weighted by atomic mass is 79.9. The summed E-state index contributed by atoms with van der Waals surface area (Å²) in [5.41, 5.74) is 5.12. The summed E-state index contributed by atoms with van der Waals surface area (Å²) in [6, 6.07) is 10.5.